The highest BCUT2D eigenvalue weighted by atomic mass is 32.2. The molecule has 3 N–H and O–H groups in total. The van der Waals surface area contributed by atoms with Crippen LogP contribution in [0.2, 0.25) is 0 Å². The Morgan fingerprint density at radius 1 is 1.10 bits per heavy atom. The van der Waals surface area contributed by atoms with E-state index in [-0.39, 0.29) is 10.6 Å². The van der Waals surface area contributed by atoms with Gasteiger partial charge in [0, 0.05) is 5.69 Å². The van der Waals surface area contributed by atoms with E-state index in [0.717, 1.165) is 11.3 Å². The molecule has 6 heteroatoms. The molecular weight excluding hydrogens is 290 g/mol. The number of rotatable bonds is 4. The minimum Gasteiger partial charge on any atom is -0.497 e. The van der Waals surface area contributed by atoms with Crippen molar-refractivity contribution in [3.8, 4) is 5.75 Å². The summed E-state index contributed by atoms with van der Waals surface area (Å²) in [4.78, 5) is -0.215. The Kier molecular flexibility index (Phi) is 4.30. The first kappa shape index (κ1) is 15.1. The molecule has 0 radical (unpaired) electrons. The van der Waals surface area contributed by atoms with E-state index in [1.165, 1.54) is 6.07 Å². The van der Waals surface area contributed by atoms with Crippen molar-refractivity contribution < 1.29 is 17.7 Å². The summed E-state index contributed by atoms with van der Waals surface area (Å²) in [6.45, 7) is 0. The predicted molar refractivity (Wildman–Crippen MR) is 82.6 cm³/mol. The molecular formula is C15H15NO4S. The molecule has 0 bridgehead atoms. The van der Waals surface area contributed by atoms with Crippen molar-refractivity contribution in [3.63, 3.8) is 0 Å². The van der Waals surface area contributed by atoms with Gasteiger partial charge in [0.2, 0.25) is 0 Å². The second-order valence-corrected chi connectivity index (χ2v) is 5.77. The molecule has 0 saturated heterocycles. The lowest BCUT2D eigenvalue weighted by Crippen LogP contribution is -2.02. The molecule has 0 aliphatic heterocycles. The number of hydrogen-bond acceptors (Lipinski definition) is 4. The van der Waals surface area contributed by atoms with Gasteiger partial charge in [-0.1, -0.05) is 30.4 Å². The summed E-state index contributed by atoms with van der Waals surface area (Å²) in [6, 6.07) is 11.6. The first-order valence-corrected chi connectivity index (χ1v) is 7.53. The second-order valence-electron chi connectivity index (χ2n) is 4.38. The molecule has 0 amide bonds. The van der Waals surface area contributed by atoms with E-state index in [1.54, 1.807) is 43.5 Å². The van der Waals surface area contributed by atoms with Crippen molar-refractivity contribution >= 4 is 28.0 Å². The summed E-state index contributed by atoms with van der Waals surface area (Å²) in [7, 11) is -2.74. The summed E-state index contributed by atoms with van der Waals surface area (Å²) in [6.07, 6.45) is 3.34. The Hall–Kier alpha value is -2.31. The van der Waals surface area contributed by atoms with Crippen LogP contribution < -0.4 is 10.5 Å². The molecule has 0 heterocycles. The van der Waals surface area contributed by atoms with E-state index in [1.807, 2.05) is 12.1 Å². The molecule has 0 unspecified atom stereocenters. The van der Waals surface area contributed by atoms with Gasteiger partial charge < -0.3 is 10.5 Å². The molecule has 5 nitrogen and oxygen atoms in total. The number of methoxy groups -OCH3 is 1. The van der Waals surface area contributed by atoms with Crippen LogP contribution in [0.15, 0.2) is 47.4 Å². The van der Waals surface area contributed by atoms with Crippen molar-refractivity contribution in [1.82, 2.24) is 0 Å². The number of ether oxygens (including phenoxy) is 1. The van der Waals surface area contributed by atoms with Crippen LogP contribution in [0, 0.1) is 0 Å². The number of anilines is 1. The maximum absolute atomic E-state index is 11.4. The zero-order valence-corrected chi connectivity index (χ0v) is 12.2. The lowest BCUT2D eigenvalue weighted by atomic mass is 10.1. The van der Waals surface area contributed by atoms with Crippen molar-refractivity contribution in [1.29, 1.82) is 0 Å². The lowest BCUT2D eigenvalue weighted by molar-refractivity contribution is 0.415. The van der Waals surface area contributed by atoms with E-state index in [2.05, 4.69) is 0 Å². The number of nitrogens with two attached hydrogens (primary N) is 1. The minimum absolute atomic E-state index is 0.215. The third-order valence-corrected chi connectivity index (χ3v) is 3.80. The highest BCUT2D eigenvalue weighted by Crippen LogP contribution is 2.21. The largest absolute Gasteiger partial charge is 0.497 e. The van der Waals surface area contributed by atoms with Crippen LogP contribution in [0.3, 0.4) is 0 Å². The minimum atomic E-state index is -4.32. The van der Waals surface area contributed by atoms with Gasteiger partial charge in [0.05, 0.1) is 7.11 Å². The predicted octanol–water partition coefficient (Wildman–Crippen LogP) is 2.69. The Morgan fingerprint density at radius 3 is 2.33 bits per heavy atom. The molecule has 2 aromatic rings. The van der Waals surface area contributed by atoms with Gasteiger partial charge in [0.25, 0.3) is 10.1 Å². The molecule has 0 aliphatic carbocycles. The van der Waals surface area contributed by atoms with Crippen LogP contribution in [0.5, 0.6) is 5.75 Å². The van der Waals surface area contributed by atoms with Gasteiger partial charge in [-0.05, 0) is 35.4 Å². The number of hydrogen-bond donors (Lipinski definition) is 2. The van der Waals surface area contributed by atoms with Crippen molar-refractivity contribution in [2.45, 2.75) is 4.90 Å². The fourth-order valence-corrected chi connectivity index (χ4v) is 2.53. The average Bonchev–Trinajstić information content (AvgIpc) is 2.45. The Labute approximate surface area is 123 Å². The van der Waals surface area contributed by atoms with E-state index >= 15 is 0 Å². The van der Waals surface area contributed by atoms with Gasteiger partial charge in [0.1, 0.15) is 10.6 Å². The summed E-state index contributed by atoms with van der Waals surface area (Å²) in [5.41, 5.74) is 7.05. The molecule has 0 atom stereocenters. The monoisotopic (exact) mass is 305 g/mol. The lowest BCUT2D eigenvalue weighted by Gasteiger charge is -2.04. The zero-order valence-electron chi connectivity index (χ0n) is 11.4. The van der Waals surface area contributed by atoms with E-state index < -0.39 is 10.1 Å². The summed E-state index contributed by atoms with van der Waals surface area (Å²) in [5.74, 6) is 0.734. The first-order chi connectivity index (χ1) is 9.90. The molecule has 0 fully saturated rings. The van der Waals surface area contributed by atoms with E-state index in [9.17, 15) is 13.0 Å². The molecule has 21 heavy (non-hydrogen) atoms. The van der Waals surface area contributed by atoms with Crippen LogP contribution in [0.25, 0.3) is 12.2 Å². The summed E-state index contributed by atoms with van der Waals surface area (Å²) < 4.78 is 37.0. The third-order valence-electron chi connectivity index (χ3n) is 2.89. The summed E-state index contributed by atoms with van der Waals surface area (Å²) >= 11 is 0. The second kappa shape index (κ2) is 5.99. The zero-order chi connectivity index (χ0) is 15.5. The van der Waals surface area contributed by atoms with E-state index in [0.29, 0.717) is 5.56 Å². The van der Waals surface area contributed by atoms with Crippen LogP contribution in [-0.4, -0.2) is 20.1 Å². The highest BCUT2D eigenvalue weighted by molar-refractivity contribution is 7.86. The number of benzene rings is 2. The fourth-order valence-electron chi connectivity index (χ4n) is 1.81. The molecule has 2 rings (SSSR count). The number of nitrogen functional groups attached to an aromatic ring is 1. The van der Waals surface area contributed by atoms with Crippen molar-refractivity contribution in [2.24, 2.45) is 0 Å². The Morgan fingerprint density at radius 2 is 1.76 bits per heavy atom. The van der Waals surface area contributed by atoms with Crippen molar-refractivity contribution in [2.75, 3.05) is 12.8 Å². The molecule has 0 spiro atoms. The van der Waals surface area contributed by atoms with Crippen LogP contribution in [0.4, 0.5) is 5.69 Å². The standard InChI is InChI=1S/C15H15NO4S/c1-20-14-8-3-11(4-9-14)2-5-12-6-7-13(16)10-15(12)21(17,18)19/h2-10H,16H2,1H3,(H,17,18,19). The molecule has 0 aliphatic rings. The molecule has 2 aromatic carbocycles. The van der Waals surface area contributed by atoms with Crippen LogP contribution >= 0.6 is 0 Å². The smallest absolute Gasteiger partial charge is 0.295 e. The van der Waals surface area contributed by atoms with Gasteiger partial charge in [-0.25, -0.2) is 0 Å². The first-order valence-electron chi connectivity index (χ1n) is 6.09. The van der Waals surface area contributed by atoms with E-state index in [4.69, 9.17) is 10.5 Å². The Balaban J connectivity index is 2.36. The van der Waals surface area contributed by atoms with Crippen molar-refractivity contribution in [3.05, 3.63) is 53.6 Å². The maximum atomic E-state index is 11.4. The quantitative estimate of drug-likeness (QED) is 0.515. The fraction of sp³-hybridized carbons (Fsp3) is 0.0667. The Bertz CT molecular complexity index is 765. The van der Waals surface area contributed by atoms with Gasteiger partial charge in [-0.3, -0.25) is 4.55 Å². The molecule has 110 valence electrons. The highest BCUT2D eigenvalue weighted by Gasteiger charge is 2.14. The van der Waals surface area contributed by atoms with Gasteiger partial charge in [-0.15, -0.1) is 0 Å². The normalized spacial score (nSPS) is 11.7. The average molecular weight is 305 g/mol. The van der Waals surface area contributed by atoms with Crippen LogP contribution in [0.1, 0.15) is 11.1 Å². The van der Waals surface area contributed by atoms with Gasteiger partial charge >= 0.3 is 0 Å². The maximum Gasteiger partial charge on any atom is 0.295 e. The summed E-state index contributed by atoms with van der Waals surface area (Å²) in [5, 5.41) is 0. The molecule has 0 aromatic heterocycles. The topological polar surface area (TPSA) is 89.6 Å². The third kappa shape index (κ3) is 3.84. The SMILES string of the molecule is COc1ccc(C=Cc2ccc(N)cc2S(=O)(=O)O)cc1. The van der Waals surface area contributed by atoms with Crippen LogP contribution in [-0.2, 0) is 10.1 Å². The van der Waals surface area contributed by atoms with Gasteiger partial charge in [-0.2, -0.15) is 8.42 Å². The molecule has 0 saturated carbocycles. The van der Waals surface area contributed by atoms with Gasteiger partial charge in [0.15, 0.2) is 0 Å².